The van der Waals surface area contributed by atoms with Gasteiger partial charge in [-0.2, -0.15) is 5.26 Å². The fourth-order valence-electron chi connectivity index (χ4n) is 6.23. The monoisotopic (exact) mass is 649 g/mol. The van der Waals surface area contributed by atoms with Gasteiger partial charge in [-0.1, -0.05) is 71.7 Å². The van der Waals surface area contributed by atoms with Crippen molar-refractivity contribution in [3.8, 4) is 6.07 Å². The molecule has 1 saturated heterocycles. The highest BCUT2D eigenvalue weighted by Crippen LogP contribution is 2.34. The predicted octanol–water partition coefficient (Wildman–Crippen LogP) is 8.02. The molecule has 5 rings (SSSR count). The molecule has 0 aromatic heterocycles. The van der Waals surface area contributed by atoms with Crippen LogP contribution in [0.5, 0.6) is 0 Å². The number of nitriles is 1. The van der Waals surface area contributed by atoms with Crippen LogP contribution in [0.2, 0.25) is 10.0 Å². The summed E-state index contributed by atoms with van der Waals surface area (Å²) in [4.78, 5) is 18.8. The Labute approximate surface area is 270 Å². The van der Waals surface area contributed by atoms with E-state index in [4.69, 9.17) is 23.2 Å². The minimum atomic E-state index is -1.02. The minimum absolute atomic E-state index is 0.0400. The number of hydrogen-bond donors (Lipinski definition) is 0. The van der Waals surface area contributed by atoms with Gasteiger partial charge in [0.1, 0.15) is 11.9 Å². The van der Waals surface area contributed by atoms with E-state index in [-0.39, 0.29) is 22.8 Å². The summed E-state index contributed by atoms with van der Waals surface area (Å²) in [5.41, 5.74) is 2.31. The van der Waals surface area contributed by atoms with E-state index < -0.39 is 16.6 Å². The van der Waals surface area contributed by atoms with Crippen LogP contribution in [-0.2, 0) is 10.8 Å². The highest BCUT2D eigenvalue weighted by molar-refractivity contribution is 7.84. The Hall–Kier alpha value is -3.28. The molecule has 0 aliphatic carbocycles. The zero-order valence-corrected chi connectivity index (χ0v) is 27.1. The summed E-state index contributed by atoms with van der Waals surface area (Å²) in [5, 5.41) is 11.2. The zero-order valence-electron chi connectivity index (χ0n) is 24.7. The average molecular weight is 651 g/mol. The lowest BCUT2D eigenvalue weighted by Crippen LogP contribution is -2.36. The molecule has 44 heavy (non-hydrogen) atoms. The maximum Gasteiger partial charge on any atom is 0.254 e. The average Bonchev–Trinajstić information content (AvgIpc) is 3.04. The van der Waals surface area contributed by atoms with Crippen LogP contribution in [0.3, 0.4) is 0 Å². The third-order valence-electron chi connectivity index (χ3n) is 8.64. The molecule has 0 unspecified atom stereocenters. The minimum Gasteiger partial charge on any atom is -0.341 e. The van der Waals surface area contributed by atoms with Gasteiger partial charge in [0.15, 0.2) is 0 Å². The van der Waals surface area contributed by atoms with Gasteiger partial charge in [-0.25, -0.2) is 4.39 Å². The van der Waals surface area contributed by atoms with E-state index >= 15 is 0 Å². The van der Waals surface area contributed by atoms with Crippen LogP contribution in [0.4, 0.5) is 4.39 Å². The molecule has 9 heteroatoms. The number of halogens is 3. The van der Waals surface area contributed by atoms with E-state index in [1.807, 2.05) is 36.4 Å². The number of rotatable bonds is 9. The summed E-state index contributed by atoms with van der Waals surface area (Å²) in [6.07, 6.45) is 4.50. The number of carbonyl (C=O) groups is 1. The van der Waals surface area contributed by atoms with Crippen LogP contribution in [0.1, 0.15) is 58.1 Å². The highest BCUT2D eigenvalue weighted by atomic mass is 35.5. The number of piperidine rings is 1. The molecular weight excluding hydrogens is 616 g/mol. The third-order valence-corrected chi connectivity index (χ3v) is 10.4. The number of likely N-dealkylation sites (N-methyl/N-ethyl adjacent to an activating group) is 1. The second-order valence-electron chi connectivity index (χ2n) is 11.4. The van der Waals surface area contributed by atoms with E-state index in [0.29, 0.717) is 33.5 Å². The fourth-order valence-corrected chi connectivity index (χ4v) is 7.38. The molecule has 1 aliphatic rings. The Morgan fingerprint density at radius 1 is 1.05 bits per heavy atom. The number of amides is 1. The van der Waals surface area contributed by atoms with Crippen molar-refractivity contribution in [2.24, 2.45) is 0 Å². The maximum absolute atomic E-state index is 14.9. The standard InChI is InChI=1S/C35H34Cl2FN3O2S/c1-40(35(42)30-19-26(21-39)34(38)29-9-4-3-8-28(29)30)22-25(24-11-12-31(36)32(37)20-24)15-18-41-16-13-23(14-17-41)27-7-5-6-10-33(27)44(2)43/h3-12,19-20,23,25H,13-18,22H2,1-2H3/t25-,44+/m1/s1. The van der Waals surface area contributed by atoms with Crippen LogP contribution in [0.25, 0.3) is 10.8 Å². The van der Waals surface area contributed by atoms with Gasteiger partial charge >= 0.3 is 0 Å². The lowest BCUT2D eigenvalue weighted by atomic mass is 9.88. The van der Waals surface area contributed by atoms with Crippen molar-refractivity contribution in [2.45, 2.75) is 36.0 Å². The molecule has 4 aromatic rings. The van der Waals surface area contributed by atoms with Crippen molar-refractivity contribution in [2.75, 3.05) is 39.5 Å². The summed E-state index contributed by atoms with van der Waals surface area (Å²) in [7, 11) is 0.713. The Morgan fingerprint density at radius 2 is 1.73 bits per heavy atom. The van der Waals surface area contributed by atoms with E-state index in [1.54, 1.807) is 48.5 Å². The molecule has 0 radical (unpaired) electrons. The van der Waals surface area contributed by atoms with E-state index in [1.165, 1.54) is 11.6 Å². The molecule has 1 heterocycles. The van der Waals surface area contributed by atoms with Crippen molar-refractivity contribution in [1.29, 1.82) is 5.26 Å². The predicted molar refractivity (Wildman–Crippen MR) is 177 cm³/mol. The number of carbonyl (C=O) groups excluding carboxylic acids is 1. The van der Waals surface area contributed by atoms with Crippen LogP contribution >= 0.6 is 23.2 Å². The smallest absolute Gasteiger partial charge is 0.254 e. The summed E-state index contributed by atoms with van der Waals surface area (Å²) in [6, 6.07) is 23.6. The highest BCUT2D eigenvalue weighted by Gasteiger charge is 2.26. The SMILES string of the molecule is CN(C[C@@H](CCN1CCC(c2ccccc2[S@](C)=O)CC1)c1ccc(Cl)c(Cl)c1)C(=O)c1cc(C#N)c(F)c2ccccc12. The van der Waals surface area contributed by atoms with Gasteiger partial charge in [0.25, 0.3) is 5.91 Å². The second-order valence-corrected chi connectivity index (χ2v) is 13.6. The summed E-state index contributed by atoms with van der Waals surface area (Å²) in [6.45, 7) is 3.09. The van der Waals surface area contributed by atoms with E-state index in [2.05, 4.69) is 11.0 Å². The zero-order chi connectivity index (χ0) is 31.4. The molecular formula is C35H34Cl2FN3O2S. The van der Waals surface area contributed by atoms with Gasteiger partial charge in [0.2, 0.25) is 0 Å². The van der Waals surface area contributed by atoms with Gasteiger partial charge in [-0.3, -0.25) is 9.00 Å². The van der Waals surface area contributed by atoms with E-state index in [9.17, 15) is 18.7 Å². The van der Waals surface area contributed by atoms with Gasteiger partial charge < -0.3 is 9.80 Å². The van der Waals surface area contributed by atoms with Crippen molar-refractivity contribution in [3.63, 3.8) is 0 Å². The van der Waals surface area contributed by atoms with Gasteiger partial charge in [-0.05, 0) is 85.6 Å². The molecule has 1 fully saturated rings. The molecule has 4 aromatic carbocycles. The van der Waals surface area contributed by atoms with Crippen molar-refractivity contribution in [1.82, 2.24) is 9.80 Å². The van der Waals surface area contributed by atoms with Crippen molar-refractivity contribution in [3.05, 3.63) is 111 Å². The number of likely N-dealkylation sites (tertiary alicyclic amines) is 1. The third kappa shape index (κ3) is 7.00. The summed E-state index contributed by atoms with van der Waals surface area (Å²) < 4.78 is 27.2. The number of fused-ring (bicyclic) bond motifs is 1. The Morgan fingerprint density at radius 3 is 2.41 bits per heavy atom. The van der Waals surface area contributed by atoms with Gasteiger partial charge in [-0.15, -0.1) is 0 Å². The lowest BCUT2D eigenvalue weighted by molar-refractivity contribution is 0.0783. The Kier molecular flexibility index (Phi) is 10.4. The molecule has 2 atom stereocenters. The first-order valence-corrected chi connectivity index (χ1v) is 17.0. The number of benzene rings is 4. The quantitative estimate of drug-likeness (QED) is 0.184. The van der Waals surface area contributed by atoms with Crippen LogP contribution in [0.15, 0.2) is 77.7 Å². The number of hydrogen-bond acceptors (Lipinski definition) is 4. The normalized spacial score (nSPS) is 15.5. The maximum atomic E-state index is 14.9. The first-order valence-electron chi connectivity index (χ1n) is 14.6. The topological polar surface area (TPSA) is 64.4 Å². The molecule has 1 aliphatic heterocycles. The lowest BCUT2D eigenvalue weighted by Gasteiger charge is -2.34. The van der Waals surface area contributed by atoms with Crippen LogP contribution in [0, 0.1) is 17.1 Å². The molecule has 228 valence electrons. The Bertz CT molecular complexity index is 1750. The van der Waals surface area contributed by atoms with Crippen molar-refractivity contribution < 1.29 is 13.4 Å². The first-order chi connectivity index (χ1) is 21.2. The molecule has 0 spiro atoms. The van der Waals surface area contributed by atoms with E-state index in [0.717, 1.165) is 49.4 Å². The van der Waals surface area contributed by atoms with Gasteiger partial charge in [0, 0.05) is 41.6 Å². The first kappa shape index (κ1) is 32.1. The van der Waals surface area contributed by atoms with Gasteiger partial charge in [0.05, 0.1) is 26.4 Å². The Balaban J connectivity index is 1.32. The molecule has 0 bridgehead atoms. The summed E-state index contributed by atoms with van der Waals surface area (Å²) >= 11 is 12.6. The molecule has 0 saturated carbocycles. The fraction of sp³-hybridized carbons (Fsp3) is 0.314. The largest absolute Gasteiger partial charge is 0.341 e. The number of nitrogens with zero attached hydrogens (tertiary/aromatic N) is 3. The molecule has 0 N–H and O–H groups in total. The van der Waals surface area contributed by atoms with Crippen LogP contribution < -0.4 is 0 Å². The summed E-state index contributed by atoms with van der Waals surface area (Å²) in [5.74, 6) is -0.562. The molecule has 1 amide bonds. The van der Waals surface area contributed by atoms with Crippen LogP contribution in [-0.4, -0.2) is 59.4 Å². The molecule has 5 nitrogen and oxygen atoms in total. The second kappa shape index (κ2) is 14.2. The van der Waals surface area contributed by atoms with Crippen molar-refractivity contribution >= 4 is 50.7 Å².